The molecule has 3 unspecified atom stereocenters. The molecule has 4 rings (SSSR count). The van der Waals surface area contributed by atoms with E-state index in [4.69, 9.17) is 37.9 Å². The fourth-order valence-corrected chi connectivity index (χ4v) is 8.08. The van der Waals surface area contributed by atoms with Gasteiger partial charge in [0.15, 0.2) is 12.4 Å². The third-order valence-electron chi connectivity index (χ3n) is 11.2. The molecule has 3 N–H and O–H groups in total. The smallest absolute Gasteiger partial charge is 0.330 e. The molecule has 0 spiro atoms. The molecule has 15 heteroatoms. The topological polar surface area (TPSA) is 203 Å². The number of rotatable bonds is 13. The summed E-state index contributed by atoms with van der Waals surface area (Å²) in [5, 5.41) is 34.0. The number of hydrogen-bond donors (Lipinski definition) is 3. The second-order valence-corrected chi connectivity index (χ2v) is 16.5. The summed E-state index contributed by atoms with van der Waals surface area (Å²) in [6, 6.07) is 0. The van der Waals surface area contributed by atoms with Crippen LogP contribution in [0.4, 0.5) is 0 Å². The van der Waals surface area contributed by atoms with Crippen molar-refractivity contribution < 1.29 is 72.4 Å². The number of aliphatic hydroxyl groups excluding tert-OH is 2. The highest BCUT2D eigenvalue weighted by Gasteiger charge is 2.57. The number of esters is 4. The molecular weight excluding hydrogens is 756 g/mol. The van der Waals surface area contributed by atoms with Gasteiger partial charge in [-0.15, -0.1) is 0 Å². The molecule has 0 amide bonds. The largest absolute Gasteiger partial charge is 0.466 e. The van der Waals surface area contributed by atoms with Crippen LogP contribution in [-0.2, 0) is 57.1 Å². The first kappa shape index (κ1) is 47.5. The summed E-state index contributed by atoms with van der Waals surface area (Å²) in [7, 11) is 1.20. The number of ether oxygens (including phenoxy) is 8. The van der Waals surface area contributed by atoms with Crippen molar-refractivity contribution in [3.63, 3.8) is 0 Å². The van der Waals surface area contributed by atoms with E-state index < -0.39 is 84.6 Å². The van der Waals surface area contributed by atoms with Crippen molar-refractivity contribution in [1.82, 2.24) is 0 Å². The highest BCUT2D eigenvalue weighted by atomic mass is 16.7. The summed E-state index contributed by atoms with van der Waals surface area (Å²) in [5.41, 5.74) is -1.22. The number of hydrogen-bond acceptors (Lipinski definition) is 15. The molecule has 4 heterocycles. The lowest BCUT2D eigenvalue weighted by Crippen LogP contribution is -2.62. The average molecular weight is 823 g/mol. The zero-order valence-corrected chi connectivity index (χ0v) is 34.7. The monoisotopic (exact) mass is 822 g/mol. The summed E-state index contributed by atoms with van der Waals surface area (Å²) in [4.78, 5) is 52.0. The van der Waals surface area contributed by atoms with Crippen LogP contribution >= 0.6 is 0 Å². The van der Waals surface area contributed by atoms with Crippen LogP contribution < -0.4 is 0 Å². The lowest BCUT2D eigenvalue weighted by atomic mass is 9.74. The lowest BCUT2D eigenvalue weighted by molar-refractivity contribution is -0.327. The summed E-state index contributed by atoms with van der Waals surface area (Å²) >= 11 is 0. The van der Waals surface area contributed by atoms with Crippen molar-refractivity contribution in [2.24, 2.45) is 5.41 Å². The van der Waals surface area contributed by atoms with Crippen LogP contribution in [0, 0.1) is 5.41 Å². The predicted octanol–water partition coefficient (Wildman–Crippen LogP) is 4.81. The molecule has 0 aliphatic carbocycles. The predicted molar refractivity (Wildman–Crippen MR) is 209 cm³/mol. The van der Waals surface area contributed by atoms with Crippen LogP contribution in [-0.4, -0.2) is 120 Å². The molecule has 0 radical (unpaired) electrons. The highest BCUT2D eigenvalue weighted by molar-refractivity contribution is 5.83. The van der Waals surface area contributed by atoms with E-state index in [2.05, 4.69) is 13.5 Å². The quantitative estimate of drug-likeness (QED) is 0.0750. The highest BCUT2D eigenvalue weighted by Crippen LogP contribution is 2.47. The minimum absolute atomic E-state index is 0.0449. The van der Waals surface area contributed by atoms with Gasteiger partial charge in [0.25, 0.3) is 0 Å². The molecule has 0 saturated carbocycles. The van der Waals surface area contributed by atoms with E-state index in [1.807, 2.05) is 0 Å². The van der Waals surface area contributed by atoms with Crippen LogP contribution in [0.2, 0.25) is 0 Å². The number of carbonyl (C=O) groups is 4. The lowest BCUT2D eigenvalue weighted by Gasteiger charge is -2.51. The van der Waals surface area contributed by atoms with Crippen molar-refractivity contribution in [3.8, 4) is 0 Å². The van der Waals surface area contributed by atoms with Crippen LogP contribution in [0.3, 0.4) is 0 Å². The Hall–Kier alpha value is -3.18. The number of cyclic esters (lactones) is 1. The van der Waals surface area contributed by atoms with Crippen molar-refractivity contribution >= 4 is 23.9 Å². The number of carbonyl (C=O) groups excluding carboxylic acids is 4. The molecule has 10 atom stereocenters. The van der Waals surface area contributed by atoms with E-state index in [-0.39, 0.29) is 62.9 Å². The van der Waals surface area contributed by atoms with Crippen LogP contribution in [0.1, 0.15) is 124 Å². The fraction of sp³-hybridized carbons (Fsp3) is 0.767. The summed E-state index contributed by atoms with van der Waals surface area (Å²) in [5.74, 6) is -4.90. The Morgan fingerprint density at radius 2 is 1.66 bits per heavy atom. The number of unbranched alkanes of at least 4 members (excludes halogenated alkanes) is 4. The Morgan fingerprint density at radius 3 is 2.36 bits per heavy atom. The average Bonchev–Trinajstić information content (AvgIpc) is 3.16. The van der Waals surface area contributed by atoms with Gasteiger partial charge >= 0.3 is 23.9 Å². The minimum Gasteiger partial charge on any atom is -0.466 e. The van der Waals surface area contributed by atoms with Gasteiger partial charge in [-0.25, -0.2) is 4.79 Å². The first-order valence-electron chi connectivity index (χ1n) is 21.0. The molecule has 3 fully saturated rings. The Kier molecular flexibility index (Phi) is 18.8. The number of fused-ring (bicyclic) bond motifs is 6. The molecule has 4 aliphatic rings. The van der Waals surface area contributed by atoms with Crippen LogP contribution in [0.5, 0.6) is 0 Å². The maximum Gasteiger partial charge on any atom is 0.330 e. The zero-order valence-electron chi connectivity index (χ0n) is 34.7. The number of methoxy groups -OCH3 is 1. The molecule has 3 saturated heterocycles. The van der Waals surface area contributed by atoms with Crippen molar-refractivity contribution in [1.29, 1.82) is 0 Å². The van der Waals surface area contributed by atoms with E-state index in [0.29, 0.717) is 25.7 Å². The van der Waals surface area contributed by atoms with E-state index >= 15 is 0 Å². The van der Waals surface area contributed by atoms with Crippen molar-refractivity contribution in [2.45, 2.75) is 184 Å². The van der Waals surface area contributed by atoms with Gasteiger partial charge < -0.3 is 53.2 Å². The molecule has 58 heavy (non-hydrogen) atoms. The maximum absolute atomic E-state index is 13.4. The third-order valence-corrected chi connectivity index (χ3v) is 11.2. The first-order chi connectivity index (χ1) is 27.7. The summed E-state index contributed by atoms with van der Waals surface area (Å²) in [6.45, 7) is 8.47. The molecule has 0 aromatic heterocycles. The van der Waals surface area contributed by atoms with Crippen molar-refractivity contribution in [3.05, 3.63) is 36.5 Å². The molecule has 4 aliphatic heterocycles. The van der Waals surface area contributed by atoms with Gasteiger partial charge in [-0.2, -0.15) is 0 Å². The van der Waals surface area contributed by atoms with Crippen LogP contribution in [0.25, 0.3) is 0 Å². The fourth-order valence-electron chi connectivity index (χ4n) is 8.08. The first-order valence-corrected chi connectivity index (χ1v) is 21.0. The molecule has 0 aromatic rings. The summed E-state index contributed by atoms with van der Waals surface area (Å²) < 4.78 is 47.3. The SMILES string of the molecule is C=CCOC(=O)C[C@H]1CC2C[C@H]3CCC[C@@H](C[C@@H](O)CC(=O)OC(CO)CC4C/C(=C\C(=O)OC)[C@H](OC(=O)CCCCCCC)[C@@](O)(O4)C(C)(C)/C=C/[C@H](O2)O1)O3. The maximum atomic E-state index is 13.4. The Balaban J connectivity index is 1.74. The Bertz CT molecular complexity index is 1430. The van der Waals surface area contributed by atoms with Gasteiger partial charge in [0.2, 0.25) is 5.79 Å². The van der Waals surface area contributed by atoms with E-state index in [1.54, 1.807) is 26.0 Å². The van der Waals surface area contributed by atoms with Gasteiger partial charge in [-0.3, -0.25) is 14.4 Å². The summed E-state index contributed by atoms with van der Waals surface area (Å²) in [6.07, 6.45) is 5.95. The van der Waals surface area contributed by atoms with Crippen LogP contribution in [0.15, 0.2) is 36.5 Å². The van der Waals surface area contributed by atoms with Gasteiger partial charge in [-0.1, -0.05) is 65.2 Å². The van der Waals surface area contributed by atoms with E-state index in [9.17, 15) is 34.5 Å². The van der Waals surface area contributed by atoms with Gasteiger partial charge in [0.1, 0.15) is 12.7 Å². The normalized spacial score (nSPS) is 34.5. The molecular formula is C43H66O15. The Morgan fingerprint density at radius 1 is 0.931 bits per heavy atom. The van der Waals surface area contributed by atoms with E-state index in [1.165, 1.54) is 13.2 Å². The molecule has 328 valence electrons. The molecule has 0 aromatic carbocycles. The third kappa shape index (κ3) is 14.2. The second-order valence-electron chi connectivity index (χ2n) is 16.5. The second kappa shape index (κ2) is 23.0. The Labute approximate surface area is 342 Å². The zero-order chi connectivity index (χ0) is 42.3. The van der Waals surface area contributed by atoms with Crippen molar-refractivity contribution in [2.75, 3.05) is 20.3 Å². The van der Waals surface area contributed by atoms with Gasteiger partial charge in [-0.05, 0) is 43.8 Å². The standard InChI is InChI=1S/C43H66O15/c1-6-8-9-10-11-15-36(46)57-41-28(20-37(47)51-5)19-34-25-35(27-44)54-39(49)22-29(45)21-30-13-12-14-31(53-30)23-32-24-33(26-38(48)52-18-7-2)56-40(55-32)16-17-42(3,4)43(41,50)58-34/h7,16-17,20,29-35,40-41,44-45,50H,2,6,8-15,18-19,21-27H2,1,3-5H3/b17-16+,28-20+/t29-,30+,31-,32?,33-,34?,35?,40-,41+,43-/m1/s1. The minimum atomic E-state index is -2.35. The molecule has 15 nitrogen and oxygen atoms in total. The number of aliphatic hydroxyl groups is 3. The molecule has 6 bridgehead atoms. The van der Waals surface area contributed by atoms with Gasteiger partial charge in [0.05, 0.1) is 63.2 Å². The van der Waals surface area contributed by atoms with E-state index in [0.717, 1.165) is 44.6 Å². The van der Waals surface area contributed by atoms with Gasteiger partial charge in [0, 0.05) is 43.6 Å².